The molecular formula is C24H30O13. The Bertz CT molecular complexity index is 1200. The number of rotatable bonds is 9. The molecule has 1 aliphatic heterocycles. The molecular weight excluding hydrogens is 496 g/mol. The third-order valence-corrected chi connectivity index (χ3v) is 5.76. The zero-order chi connectivity index (χ0) is 27.7. The minimum Gasteiger partial charge on any atom is -0.507 e. The van der Waals surface area contributed by atoms with Crippen LogP contribution >= 0.6 is 0 Å². The Morgan fingerprint density at radius 3 is 2.38 bits per heavy atom. The maximum atomic E-state index is 12.4. The van der Waals surface area contributed by atoms with Gasteiger partial charge in [-0.2, -0.15) is 0 Å². The van der Waals surface area contributed by atoms with Crippen LogP contribution in [0.1, 0.15) is 45.3 Å². The predicted octanol–water partition coefficient (Wildman–Crippen LogP) is -0.0326. The Morgan fingerprint density at radius 2 is 1.76 bits per heavy atom. The fourth-order valence-electron chi connectivity index (χ4n) is 3.83. The first-order chi connectivity index (χ1) is 17.2. The highest BCUT2D eigenvalue weighted by molar-refractivity contribution is 5.84. The van der Waals surface area contributed by atoms with Crippen LogP contribution < -0.4 is 10.2 Å². The summed E-state index contributed by atoms with van der Waals surface area (Å²) in [5.41, 5.74) is -2.33. The second kappa shape index (κ2) is 11.0. The first-order valence-corrected chi connectivity index (χ1v) is 11.5. The summed E-state index contributed by atoms with van der Waals surface area (Å²) in [4.78, 5) is 35.2. The summed E-state index contributed by atoms with van der Waals surface area (Å²) in [7, 11) is 0. The minimum atomic E-state index is -1.88. The van der Waals surface area contributed by atoms with E-state index >= 15 is 0 Å². The van der Waals surface area contributed by atoms with Crippen molar-refractivity contribution >= 4 is 22.9 Å². The van der Waals surface area contributed by atoms with Crippen molar-refractivity contribution in [1.29, 1.82) is 0 Å². The Hall–Kier alpha value is -3.23. The molecule has 1 saturated heterocycles. The molecule has 0 radical (unpaired) electrons. The van der Waals surface area contributed by atoms with E-state index < -0.39 is 78.9 Å². The van der Waals surface area contributed by atoms with Gasteiger partial charge >= 0.3 is 11.9 Å². The van der Waals surface area contributed by atoms with Gasteiger partial charge in [0.1, 0.15) is 59.3 Å². The van der Waals surface area contributed by atoms with Crippen LogP contribution in [0.25, 0.3) is 11.0 Å². The molecule has 0 bridgehead atoms. The number of aliphatic hydroxyl groups is 4. The number of benzene rings is 1. The molecule has 1 aromatic heterocycles. The molecule has 1 aliphatic rings. The number of carbonyl (C=O) groups is 2. The molecule has 3 rings (SSSR count). The first kappa shape index (κ1) is 28.3. The van der Waals surface area contributed by atoms with Crippen LogP contribution in [-0.2, 0) is 19.1 Å². The van der Waals surface area contributed by atoms with Crippen LogP contribution in [0.2, 0.25) is 0 Å². The predicted molar refractivity (Wildman–Crippen MR) is 124 cm³/mol. The van der Waals surface area contributed by atoms with Crippen LogP contribution in [0.5, 0.6) is 11.5 Å². The monoisotopic (exact) mass is 526 g/mol. The van der Waals surface area contributed by atoms with Gasteiger partial charge < -0.3 is 49.3 Å². The van der Waals surface area contributed by atoms with Crippen molar-refractivity contribution in [2.45, 2.75) is 75.8 Å². The number of fused-ring (bicyclic) bond motifs is 1. The Kier molecular flexibility index (Phi) is 8.45. The maximum Gasteiger partial charge on any atom is 0.308 e. The standard InChI is InChI=1S/C24H30O13/c1-10(2)14-6-13(26)19-12(25)4-11(5-15(19)36-14)35-23-22(32)21(31)20(30)16(37-23)9-34-18(29)8-24(3,33)7-17(27)28/h4-6,10,16,20-23,25,30-33H,7-9H2,1-3H3,(H,27,28)/t16-,20-,21+,22-,23-,24+/m1/s1. The summed E-state index contributed by atoms with van der Waals surface area (Å²) in [6.07, 6.45) is -9.58. The molecule has 0 saturated carbocycles. The van der Waals surface area contributed by atoms with E-state index in [9.17, 15) is 39.9 Å². The molecule has 6 atom stereocenters. The zero-order valence-corrected chi connectivity index (χ0v) is 20.4. The van der Waals surface area contributed by atoms with E-state index in [-0.39, 0.29) is 22.6 Å². The number of phenols is 1. The average Bonchev–Trinajstić information content (AvgIpc) is 2.76. The molecule has 2 aromatic rings. The van der Waals surface area contributed by atoms with E-state index in [2.05, 4.69) is 0 Å². The lowest BCUT2D eigenvalue weighted by Crippen LogP contribution is -2.60. The number of hydrogen-bond donors (Lipinski definition) is 6. The molecule has 6 N–H and O–H groups in total. The first-order valence-electron chi connectivity index (χ1n) is 11.5. The van der Waals surface area contributed by atoms with Crippen molar-refractivity contribution in [3.63, 3.8) is 0 Å². The van der Waals surface area contributed by atoms with Crippen molar-refractivity contribution in [3.05, 3.63) is 34.2 Å². The van der Waals surface area contributed by atoms with Gasteiger partial charge in [-0.1, -0.05) is 13.8 Å². The van der Waals surface area contributed by atoms with E-state index in [1.807, 2.05) is 13.8 Å². The smallest absolute Gasteiger partial charge is 0.308 e. The quantitative estimate of drug-likeness (QED) is 0.237. The van der Waals surface area contributed by atoms with Gasteiger partial charge in [0.25, 0.3) is 0 Å². The molecule has 37 heavy (non-hydrogen) atoms. The van der Waals surface area contributed by atoms with Gasteiger partial charge in [-0.05, 0) is 6.92 Å². The topological polar surface area (TPSA) is 213 Å². The number of carboxylic acids is 1. The van der Waals surface area contributed by atoms with E-state index in [0.717, 1.165) is 13.0 Å². The Balaban J connectivity index is 1.75. The third-order valence-electron chi connectivity index (χ3n) is 5.76. The van der Waals surface area contributed by atoms with E-state index in [4.69, 9.17) is 23.7 Å². The second-order valence-electron chi connectivity index (χ2n) is 9.54. The Morgan fingerprint density at radius 1 is 1.08 bits per heavy atom. The highest BCUT2D eigenvalue weighted by atomic mass is 16.7. The van der Waals surface area contributed by atoms with Crippen LogP contribution in [0.4, 0.5) is 0 Å². The molecule has 0 spiro atoms. The van der Waals surface area contributed by atoms with E-state index in [0.29, 0.717) is 5.76 Å². The largest absolute Gasteiger partial charge is 0.507 e. The highest BCUT2D eigenvalue weighted by Gasteiger charge is 2.45. The Labute approximate surface area is 210 Å². The normalized spacial score (nSPS) is 25.6. The van der Waals surface area contributed by atoms with Gasteiger partial charge in [0.15, 0.2) is 5.43 Å². The number of carbonyl (C=O) groups excluding carboxylic acids is 1. The maximum absolute atomic E-state index is 12.4. The molecule has 204 valence electrons. The van der Waals surface area contributed by atoms with Gasteiger partial charge in [0.2, 0.25) is 6.29 Å². The van der Waals surface area contributed by atoms with Gasteiger partial charge in [-0.3, -0.25) is 14.4 Å². The summed E-state index contributed by atoms with van der Waals surface area (Å²) in [6.45, 7) is 4.14. The molecule has 1 aromatic carbocycles. The van der Waals surface area contributed by atoms with E-state index in [1.54, 1.807) is 0 Å². The number of aromatic hydroxyl groups is 1. The molecule has 13 heteroatoms. The van der Waals surface area contributed by atoms with Gasteiger partial charge in [0.05, 0.1) is 18.4 Å². The van der Waals surface area contributed by atoms with Crippen molar-refractivity contribution < 1.29 is 58.9 Å². The number of esters is 1. The lowest BCUT2D eigenvalue weighted by Gasteiger charge is -2.40. The van der Waals surface area contributed by atoms with Crippen molar-refractivity contribution in [2.75, 3.05) is 6.61 Å². The van der Waals surface area contributed by atoms with Crippen LogP contribution in [0.3, 0.4) is 0 Å². The second-order valence-corrected chi connectivity index (χ2v) is 9.54. The number of carboxylic acid groups (broad SMARTS) is 1. The molecule has 2 heterocycles. The summed E-state index contributed by atoms with van der Waals surface area (Å²) in [6, 6.07) is 3.64. The zero-order valence-electron chi connectivity index (χ0n) is 20.4. The highest BCUT2D eigenvalue weighted by Crippen LogP contribution is 2.32. The average molecular weight is 526 g/mol. The fraction of sp³-hybridized carbons (Fsp3) is 0.542. The van der Waals surface area contributed by atoms with Gasteiger partial charge in [-0.15, -0.1) is 0 Å². The van der Waals surface area contributed by atoms with Crippen molar-refractivity contribution in [3.8, 4) is 11.5 Å². The summed E-state index contributed by atoms with van der Waals surface area (Å²) >= 11 is 0. The van der Waals surface area contributed by atoms with Crippen LogP contribution in [-0.4, -0.2) is 85.5 Å². The number of aliphatic hydroxyl groups excluding tert-OH is 3. The van der Waals surface area contributed by atoms with Crippen molar-refractivity contribution in [2.24, 2.45) is 0 Å². The van der Waals surface area contributed by atoms with Crippen molar-refractivity contribution in [1.82, 2.24) is 0 Å². The lowest BCUT2D eigenvalue weighted by molar-refractivity contribution is -0.278. The summed E-state index contributed by atoms with van der Waals surface area (Å²) in [5, 5.41) is 59.9. The molecule has 0 aliphatic carbocycles. The van der Waals surface area contributed by atoms with E-state index in [1.165, 1.54) is 12.1 Å². The summed E-state index contributed by atoms with van der Waals surface area (Å²) < 4.78 is 21.7. The third kappa shape index (κ3) is 6.76. The lowest BCUT2D eigenvalue weighted by atomic mass is 9.98. The summed E-state index contributed by atoms with van der Waals surface area (Å²) in [5.74, 6) is -2.62. The molecule has 1 fully saturated rings. The molecule has 13 nitrogen and oxygen atoms in total. The number of hydrogen-bond acceptors (Lipinski definition) is 12. The van der Waals surface area contributed by atoms with Crippen LogP contribution in [0.15, 0.2) is 27.4 Å². The van der Waals surface area contributed by atoms with Gasteiger partial charge in [-0.25, -0.2) is 0 Å². The molecule has 0 amide bonds. The van der Waals surface area contributed by atoms with Gasteiger partial charge in [0, 0.05) is 24.1 Å². The van der Waals surface area contributed by atoms with Crippen LogP contribution in [0, 0.1) is 0 Å². The number of phenolic OH excluding ortho intramolecular Hbond substituents is 1. The SMILES string of the molecule is CC(C)c1cc(=O)c2c(O)cc(O[C@@H]3O[C@H](COC(=O)C[C@@](C)(O)CC(=O)O)[C@@H](O)[C@H](O)[C@H]3O)cc2o1. The fourth-order valence-corrected chi connectivity index (χ4v) is 3.83. The number of aliphatic carboxylic acids is 1. The molecule has 0 unspecified atom stereocenters. The number of ether oxygens (including phenoxy) is 3. The minimum absolute atomic E-state index is 0.0102.